The summed E-state index contributed by atoms with van der Waals surface area (Å²) in [6, 6.07) is 5.64. The van der Waals surface area contributed by atoms with Gasteiger partial charge in [-0.3, -0.25) is 15.1 Å². The molecule has 2 heterocycles. The molecule has 0 spiro atoms. The first kappa shape index (κ1) is 14.6. The van der Waals surface area contributed by atoms with E-state index in [1.807, 2.05) is 18.2 Å². The van der Waals surface area contributed by atoms with Crippen molar-refractivity contribution in [3.63, 3.8) is 0 Å². The van der Waals surface area contributed by atoms with Crippen LogP contribution in [0.5, 0.6) is 0 Å². The van der Waals surface area contributed by atoms with Gasteiger partial charge in [0.1, 0.15) is 5.69 Å². The van der Waals surface area contributed by atoms with Crippen molar-refractivity contribution in [3.05, 3.63) is 45.9 Å². The summed E-state index contributed by atoms with van der Waals surface area (Å²) in [5, 5.41) is 11.2. The molecule has 2 aromatic heterocycles. The van der Waals surface area contributed by atoms with Gasteiger partial charge in [-0.25, -0.2) is 4.98 Å². The van der Waals surface area contributed by atoms with Crippen LogP contribution in [0.2, 0.25) is 0 Å². The molecule has 2 N–H and O–H groups in total. The molecule has 8 nitrogen and oxygen atoms in total. The number of anilines is 2. The molecule has 110 valence electrons. The molecule has 0 aliphatic rings. The topological polar surface area (TPSA) is 111 Å². The third-order valence-electron chi connectivity index (χ3n) is 3.03. The normalized spacial score (nSPS) is 10.4. The number of pyridine rings is 1. The number of aromatic nitrogens is 3. The molecule has 0 bridgehead atoms. The Morgan fingerprint density at radius 2 is 2.14 bits per heavy atom. The molecule has 0 atom stereocenters. The molecule has 21 heavy (non-hydrogen) atoms. The highest BCUT2D eigenvalue weighted by molar-refractivity contribution is 5.61. The van der Waals surface area contributed by atoms with E-state index >= 15 is 0 Å². The zero-order valence-electron chi connectivity index (χ0n) is 11.9. The number of nitrogen functional groups attached to an aromatic ring is 1. The number of nitro groups is 1. The van der Waals surface area contributed by atoms with Crippen LogP contribution < -0.4 is 10.6 Å². The van der Waals surface area contributed by atoms with Gasteiger partial charge in [0.2, 0.25) is 11.8 Å². The standard InChI is InChI=1S/C13H16N6O2/c1-9-11(19(20)21)12(17-13(14)16-9)18(2)8-6-10-5-3-4-7-15-10/h3-5,7H,6,8H2,1-2H3,(H2,14,16,17). The fourth-order valence-corrected chi connectivity index (χ4v) is 1.99. The van der Waals surface area contributed by atoms with Crippen LogP contribution >= 0.6 is 0 Å². The average Bonchev–Trinajstić information content (AvgIpc) is 2.44. The monoisotopic (exact) mass is 288 g/mol. The minimum absolute atomic E-state index is 0.0257. The number of aryl methyl sites for hydroxylation is 1. The van der Waals surface area contributed by atoms with Gasteiger partial charge >= 0.3 is 5.69 Å². The zero-order chi connectivity index (χ0) is 15.4. The second-order valence-electron chi connectivity index (χ2n) is 4.59. The Bertz CT molecular complexity index is 647. The number of hydrogen-bond donors (Lipinski definition) is 1. The van der Waals surface area contributed by atoms with Gasteiger partial charge in [-0.2, -0.15) is 4.98 Å². The summed E-state index contributed by atoms with van der Waals surface area (Å²) in [5.74, 6) is 0.249. The Balaban J connectivity index is 2.22. The summed E-state index contributed by atoms with van der Waals surface area (Å²) in [4.78, 5) is 24.4. The average molecular weight is 288 g/mol. The van der Waals surface area contributed by atoms with Crippen molar-refractivity contribution in [2.75, 3.05) is 24.2 Å². The Kier molecular flexibility index (Phi) is 4.27. The first-order chi connectivity index (χ1) is 9.99. The van der Waals surface area contributed by atoms with Crippen LogP contribution in [0.4, 0.5) is 17.5 Å². The van der Waals surface area contributed by atoms with E-state index in [0.717, 1.165) is 5.69 Å². The molecule has 0 saturated heterocycles. The van der Waals surface area contributed by atoms with Crippen molar-refractivity contribution < 1.29 is 4.92 Å². The van der Waals surface area contributed by atoms with E-state index in [9.17, 15) is 10.1 Å². The minimum atomic E-state index is -0.485. The van der Waals surface area contributed by atoms with Crippen LogP contribution in [-0.2, 0) is 6.42 Å². The molecule has 2 rings (SSSR count). The lowest BCUT2D eigenvalue weighted by atomic mass is 10.2. The van der Waals surface area contributed by atoms with E-state index in [-0.39, 0.29) is 23.1 Å². The maximum Gasteiger partial charge on any atom is 0.332 e. The second-order valence-corrected chi connectivity index (χ2v) is 4.59. The van der Waals surface area contributed by atoms with Gasteiger partial charge in [-0.05, 0) is 19.1 Å². The molecule has 0 radical (unpaired) electrons. The van der Waals surface area contributed by atoms with Crippen LogP contribution in [0, 0.1) is 17.0 Å². The van der Waals surface area contributed by atoms with Gasteiger partial charge < -0.3 is 10.6 Å². The Labute approximate surface area is 121 Å². The molecule has 0 saturated carbocycles. The molecular formula is C13H16N6O2. The Hall–Kier alpha value is -2.77. The summed E-state index contributed by atoms with van der Waals surface area (Å²) in [7, 11) is 1.73. The highest BCUT2D eigenvalue weighted by atomic mass is 16.6. The molecule has 2 aromatic rings. The fourth-order valence-electron chi connectivity index (χ4n) is 1.99. The number of nitrogens with two attached hydrogens (primary N) is 1. The van der Waals surface area contributed by atoms with Crippen molar-refractivity contribution >= 4 is 17.5 Å². The molecule has 0 aromatic carbocycles. The predicted octanol–water partition coefficient (Wildman–Crippen LogP) is 1.35. The summed E-state index contributed by atoms with van der Waals surface area (Å²) in [5.41, 5.74) is 6.64. The lowest BCUT2D eigenvalue weighted by molar-refractivity contribution is -0.385. The highest BCUT2D eigenvalue weighted by Gasteiger charge is 2.24. The minimum Gasteiger partial charge on any atom is -0.368 e. The maximum atomic E-state index is 11.2. The molecule has 0 aliphatic heterocycles. The molecule has 0 amide bonds. The van der Waals surface area contributed by atoms with Crippen LogP contribution in [0.25, 0.3) is 0 Å². The van der Waals surface area contributed by atoms with Gasteiger partial charge in [0.25, 0.3) is 0 Å². The van der Waals surface area contributed by atoms with Crippen molar-refractivity contribution in [1.82, 2.24) is 15.0 Å². The van der Waals surface area contributed by atoms with Gasteiger partial charge in [0.15, 0.2) is 0 Å². The number of hydrogen-bond acceptors (Lipinski definition) is 7. The molecule has 0 unspecified atom stereocenters. The van der Waals surface area contributed by atoms with Crippen molar-refractivity contribution in [2.24, 2.45) is 0 Å². The van der Waals surface area contributed by atoms with Crippen LogP contribution in [-0.4, -0.2) is 33.5 Å². The lowest BCUT2D eigenvalue weighted by Gasteiger charge is -2.18. The molecule has 0 aliphatic carbocycles. The summed E-state index contributed by atoms with van der Waals surface area (Å²) < 4.78 is 0. The third kappa shape index (κ3) is 3.41. The number of rotatable bonds is 5. The van der Waals surface area contributed by atoms with Crippen molar-refractivity contribution in [2.45, 2.75) is 13.3 Å². The van der Waals surface area contributed by atoms with Gasteiger partial charge in [-0.1, -0.05) is 6.07 Å². The van der Waals surface area contributed by atoms with E-state index in [1.54, 1.807) is 25.1 Å². The van der Waals surface area contributed by atoms with Gasteiger partial charge in [0, 0.05) is 31.9 Å². The number of likely N-dealkylation sites (N-methyl/N-ethyl adjacent to an activating group) is 1. The van der Waals surface area contributed by atoms with E-state index in [1.165, 1.54) is 0 Å². The van der Waals surface area contributed by atoms with Crippen molar-refractivity contribution in [1.29, 1.82) is 0 Å². The lowest BCUT2D eigenvalue weighted by Crippen LogP contribution is -2.24. The molecule has 8 heteroatoms. The maximum absolute atomic E-state index is 11.2. The summed E-state index contributed by atoms with van der Waals surface area (Å²) in [6.45, 7) is 2.08. The van der Waals surface area contributed by atoms with E-state index in [2.05, 4.69) is 15.0 Å². The van der Waals surface area contributed by atoms with Crippen LogP contribution in [0.3, 0.4) is 0 Å². The largest absolute Gasteiger partial charge is 0.368 e. The van der Waals surface area contributed by atoms with Crippen LogP contribution in [0.1, 0.15) is 11.4 Å². The Morgan fingerprint density at radius 3 is 2.76 bits per heavy atom. The fraction of sp³-hybridized carbons (Fsp3) is 0.308. The smallest absolute Gasteiger partial charge is 0.332 e. The predicted molar refractivity (Wildman–Crippen MR) is 79.0 cm³/mol. The summed E-state index contributed by atoms with van der Waals surface area (Å²) in [6.07, 6.45) is 2.36. The molecule has 0 fully saturated rings. The van der Waals surface area contributed by atoms with E-state index in [0.29, 0.717) is 13.0 Å². The quantitative estimate of drug-likeness (QED) is 0.652. The van der Waals surface area contributed by atoms with Gasteiger partial charge in [-0.15, -0.1) is 0 Å². The van der Waals surface area contributed by atoms with E-state index < -0.39 is 4.92 Å². The highest BCUT2D eigenvalue weighted by Crippen LogP contribution is 2.28. The second kappa shape index (κ2) is 6.12. The molecular weight excluding hydrogens is 272 g/mol. The first-order valence-electron chi connectivity index (χ1n) is 6.38. The number of nitrogens with zero attached hydrogens (tertiary/aromatic N) is 5. The summed E-state index contributed by atoms with van der Waals surface area (Å²) >= 11 is 0. The van der Waals surface area contributed by atoms with Crippen molar-refractivity contribution in [3.8, 4) is 0 Å². The first-order valence-corrected chi connectivity index (χ1v) is 6.38. The Morgan fingerprint density at radius 1 is 1.38 bits per heavy atom. The third-order valence-corrected chi connectivity index (χ3v) is 3.03. The van der Waals surface area contributed by atoms with E-state index in [4.69, 9.17) is 5.73 Å². The van der Waals surface area contributed by atoms with Gasteiger partial charge in [0.05, 0.1) is 4.92 Å². The SMILES string of the molecule is Cc1nc(N)nc(N(C)CCc2ccccn2)c1[N+](=O)[O-]. The van der Waals surface area contributed by atoms with Crippen LogP contribution in [0.15, 0.2) is 24.4 Å². The zero-order valence-corrected chi connectivity index (χ0v) is 11.9.